The molecule has 0 saturated carbocycles. The molecule has 0 spiro atoms. The number of hydrogen-bond donors (Lipinski definition) is 2. The van der Waals surface area contributed by atoms with Crippen LogP contribution in [0.4, 0.5) is 5.69 Å². The predicted molar refractivity (Wildman–Crippen MR) is 109 cm³/mol. The van der Waals surface area contributed by atoms with Crippen molar-refractivity contribution in [1.82, 2.24) is 9.97 Å². The minimum absolute atomic E-state index is 0.148. The van der Waals surface area contributed by atoms with Gasteiger partial charge in [-0.2, -0.15) is 0 Å². The van der Waals surface area contributed by atoms with E-state index in [-0.39, 0.29) is 11.2 Å². The van der Waals surface area contributed by atoms with Gasteiger partial charge < -0.3 is 19.8 Å². The fraction of sp³-hybridized carbons (Fsp3) is 0.150. The van der Waals surface area contributed by atoms with Gasteiger partial charge in [0, 0.05) is 28.6 Å². The molecule has 8 heteroatoms. The van der Waals surface area contributed by atoms with Gasteiger partial charge in [-0.15, -0.1) is 0 Å². The normalized spacial score (nSPS) is 10.4. The summed E-state index contributed by atoms with van der Waals surface area (Å²) in [6.07, 6.45) is 4.89. The van der Waals surface area contributed by atoms with E-state index in [9.17, 15) is 9.59 Å². The van der Waals surface area contributed by atoms with Crippen molar-refractivity contribution in [1.29, 1.82) is 0 Å². The fourth-order valence-electron chi connectivity index (χ4n) is 2.42. The zero-order chi connectivity index (χ0) is 19.9. The van der Waals surface area contributed by atoms with Crippen LogP contribution in [-0.2, 0) is 6.61 Å². The predicted octanol–water partition coefficient (Wildman–Crippen LogP) is 3.76. The number of anilines is 1. The molecule has 0 aliphatic heterocycles. The van der Waals surface area contributed by atoms with E-state index in [1.807, 2.05) is 19.1 Å². The second-order valence-corrected chi connectivity index (χ2v) is 6.67. The lowest BCUT2D eigenvalue weighted by Gasteiger charge is -2.13. The average molecular weight is 444 g/mol. The number of ether oxygens (including phenoxy) is 2. The Bertz CT molecular complexity index is 1020. The molecular weight excluding hydrogens is 426 g/mol. The van der Waals surface area contributed by atoms with Gasteiger partial charge in [0.2, 0.25) is 0 Å². The summed E-state index contributed by atoms with van der Waals surface area (Å²) in [4.78, 5) is 30.9. The van der Waals surface area contributed by atoms with E-state index in [4.69, 9.17) is 9.47 Å². The molecule has 0 atom stereocenters. The summed E-state index contributed by atoms with van der Waals surface area (Å²) in [6.45, 7) is 2.62. The summed E-state index contributed by atoms with van der Waals surface area (Å²) in [5, 5.41) is 2.60. The van der Waals surface area contributed by atoms with Crippen LogP contribution in [0.5, 0.6) is 11.5 Å². The van der Waals surface area contributed by atoms with Gasteiger partial charge in [-0.05, 0) is 64.8 Å². The Balaban J connectivity index is 1.78. The van der Waals surface area contributed by atoms with Crippen molar-refractivity contribution in [3.8, 4) is 11.5 Å². The highest BCUT2D eigenvalue weighted by molar-refractivity contribution is 9.10. The Labute approximate surface area is 169 Å². The minimum Gasteiger partial charge on any atom is -0.490 e. The molecule has 0 aliphatic carbocycles. The Kier molecular flexibility index (Phi) is 6.44. The lowest BCUT2D eigenvalue weighted by molar-refractivity contribution is 0.102. The average Bonchev–Trinajstić information content (AvgIpc) is 2.70. The van der Waals surface area contributed by atoms with Crippen LogP contribution in [0.3, 0.4) is 0 Å². The molecule has 0 unspecified atom stereocenters. The zero-order valence-corrected chi connectivity index (χ0v) is 16.7. The molecule has 144 valence electrons. The van der Waals surface area contributed by atoms with Crippen molar-refractivity contribution < 1.29 is 14.3 Å². The molecule has 0 aliphatic rings. The van der Waals surface area contributed by atoms with Gasteiger partial charge in [0.25, 0.3) is 11.5 Å². The van der Waals surface area contributed by atoms with Gasteiger partial charge in [0.1, 0.15) is 12.3 Å². The van der Waals surface area contributed by atoms with E-state index in [1.54, 1.807) is 30.6 Å². The smallest absolute Gasteiger partial charge is 0.271 e. The van der Waals surface area contributed by atoms with Crippen LogP contribution >= 0.6 is 15.9 Å². The number of amides is 1. The number of carbonyl (C=O) groups excluding carboxylic acids is 1. The second kappa shape index (κ2) is 9.18. The number of nitrogens with zero attached hydrogens (tertiary/aromatic N) is 1. The van der Waals surface area contributed by atoms with Crippen molar-refractivity contribution in [2.24, 2.45) is 0 Å². The number of aromatic nitrogens is 2. The maximum atomic E-state index is 12.5. The number of pyridine rings is 2. The fourth-order valence-corrected chi connectivity index (χ4v) is 2.77. The van der Waals surface area contributed by atoms with E-state index < -0.39 is 5.91 Å². The zero-order valence-electron chi connectivity index (χ0n) is 15.1. The largest absolute Gasteiger partial charge is 0.490 e. The molecule has 2 heterocycles. The maximum Gasteiger partial charge on any atom is 0.271 e. The molecule has 28 heavy (non-hydrogen) atoms. The number of hydrogen-bond acceptors (Lipinski definition) is 5. The van der Waals surface area contributed by atoms with E-state index in [0.29, 0.717) is 34.7 Å². The molecule has 2 aromatic heterocycles. The maximum absolute atomic E-state index is 12.5. The van der Waals surface area contributed by atoms with Crippen molar-refractivity contribution in [2.75, 3.05) is 11.9 Å². The van der Waals surface area contributed by atoms with Gasteiger partial charge in [-0.1, -0.05) is 0 Å². The van der Waals surface area contributed by atoms with Crippen LogP contribution in [0.2, 0.25) is 0 Å². The number of carbonyl (C=O) groups is 1. The van der Waals surface area contributed by atoms with E-state index >= 15 is 0 Å². The first-order chi connectivity index (χ1) is 13.6. The van der Waals surface area contributed by atoms with Gasteiger partial charge >= 0.3 is 0 Å². The number of H-pyrrole nitrogens is 1. The summed E-state index contributed by atoms with van der Waals surface area (Å²) in [6, 6.07) is 10.1. The van der Waals surface area contributed by atoms with Crippen LogP contribution in [0.25, 0.3) is 0 Å². The molecule has 3 rings (SSSR count). The summed E-state index contributed by atoms with van der Waals surface area (Å²) >= 11 is 3.26. The molecule has 1 aromatic carbocycles. The monoisotopic (exact) mass is 443 g/mol. The van der Waals surface area contributed by atoms with Crippen LogP contribution < -0.4 is 20.3 Å². The Morgan fingerprint density at radius 3 is 2.68 bits per heavy atom. The van der Waals surface area contributed by atoms with Gasteiger partial charge in [0.15, 0.2) is 11.5 Å². The van der Waals surface area contributed by atoms with Gasteiger partial charge in [-0.25, -0.2) is 0 Å². The first-order valence-electron chi connectivity index (χ1n) is 8.55. The molecule has 0 bridgehead atoms. The minimum atomic E-state index is -0.426. The SMILES string of the molecule is CCOc1cc(C(=O)Nc2cc(Br)c[nH]c2=O)ccc1OCc1ccncc1. The Hall–Kier alpha value is -3.13. The van der Waals surface area contributed by atoms with E-state index in [2.05, 4.69) is 31.2 Å². The number of nitrogens with one attached hydrogen (secondary N) is 2. The van der Waals surface area contributed by atoms with Crippen LogP contribution in [-0.4, -0.2) is 22.5 Å². The molecule has 0 radical (unpaired) electrons. The summed E-state index contributed by atoms with van der Waals surface area (Å²) in [5.41, 5.74) is 1.07. The van der Waals surface area contributed by atoms with Crippen molar-refractivity contribution in [3.05, 3.63) is 80.9 Å². The van der Waals surface area contributed by atoms with Crippen LogP contribution in [0.1, 0.15) is 22.8 Å². The third-order valence-corrected chi connectivity index (χ3v) is 4.22. The van der Waals surface area contributed by atoms with Gasteiger partial charge in [0.05, 0.1) is 6.61 Å². The highest BCUT2D eigenvalue weighted by Gasteiger charge is 2.13. The third-order valence-electron chi connectivity index (χ3n) is 3.77. The van der Waals surface area contributed by atoms with Crippen molar-refractivity contribution >= 4 is 27.5 Å². The molecule has 0 saturated heterocycles. The first kappa shape index (κ1) is 19.6. The third kappa shape index (κ3) is 4.98. The van der Waals surface area contributed by atoms with Crippen LogP contribution in [0.15, 0.2) is 64.3 Å². The summed E-state index contributed by atoms with van der Waals surface area (Å²) in [5.74, 6) is 0.549. The molecule has 0 fully saturated rings. The topological polar surface area (TPSA) is 93.3 Å². The number of halogens is 1. The lowest BCUT2D eigenvalue weighted by Crippen LogP contribution is -2.19. The van der Waals surface area contributed by atoms with Gasteiger partial charge in [-0.3, -0.25) is 14.6 Å². The highest BCUT2D eigenvalue weighted by Crippen LogP contribution is 2.29. The first-order valence-corrected chi connectivity index (χ1v) is 9.34. The molecule has 7 nitrogen and oxygen atoms in total. The quantitative estimate of drug-likeness (QED) is 0.579. The summed E-state index contributed by atoms with van der Waals surface area (Å²) < 4.78 is 12.1. The second-order valence-electron chi connectivity index (χ2n) is 5.75. The molecule has 3 aromatic rings. The molecule has 1 amide bonds. The molecule has 2 N–H and O–H groups in total. The number of benzene rings is 1. The lowest BCUT2D eigenvalue weighted by atomic mass is 10.2. The summed E-state index contributed by atoms with van der Waals surface area (Å²) in [7, 11) is 0. The van der Waals surface area contributed by atoms with E-state index in [1.165, 1.54) is 12.3 Å². The highest BCUT2D eigenvalue weighted by atomic mass is 79.9. The Morgan fingerprint density at radius 2 is 1.93 bits per heavy atom. The van der Waals surface area contributed by atoms with Crippen molar-refractivity contribution in [2.45, 2.75) is 13.5 Å². The number of aromatic amines is 1. The van der Waals surface area contributed by atoms with E-state index in [0.717, 1.165) is 5.56 Å². The van der Waals surface area contributed by atoms with Crippen LogP contribution in [0, 0.1) is 0 Å². The number of rotatable bonds is 7. The Morgan fingerprint density at radius 1 is 1.14 bits per heavy atom. The standard InChI is InChI=1S/C20H18BrN3O4/c1-2-27-18-9-14(19(25)24-16-10-15(21)11-23-20(16)26)3-4-17(18)28-12-13-5-7-22-8-6-13/h3-11H,2,12H2,1H3,(H,23,26)(H,24,25). The molecular formula is C20H18BrN3O4. The van der Waals surface area contributed by atoms with Crippen molar-refractivity contribution in [3.63, 3.8) is 0 Å².